The van der Waals surface area contributed by atoms with Crippen LogP contribution in [0.25, 0.3) is 0 Å². The Hall–Kier alpha value is -1.94. The first-order valence-corrected chi connectivity index (χ1v) is 48.7. The molecule has 3 N–H and O–H groups in total. The van der Waals surface area contributed by atoms with E-state index >= 15 is 0 Å². The number of aliphatic hydroxyl groups excluding tert-OH is 1. The molecule has 0 radical (unpaired) electrons. The molecule has 0 saturated heterocycles. The summed E-state index contributed by atoms with van der Waals surface area (Å²) in [6.07, 6.45) is 68.3. The minimum absolute atomic E-state index is 0.106. The van der Waals surface area contributed by atoms with Crippen LogP contribution in [0.3, 0.4) is 0 Å². The molecule has 0 spiro atoms. The Bertz CT molecular complexity index is 2100. The third-order valence-electron chi connectivity index (χ3n) is 21.2. The van der Waals surface area contributed by atoms with E-state index in [-0.39, 0.29) is 25.7 Å². The van der Waals surface area contributed by atoms with Gasteiger partial charge in [0.15, 0.2) is 12.2 Å². The lowest BCUT2D eigenvalue weighted by Crippen LogP contribution is -2.30. The minimum atomic E-state index is -4.97. The molecule has 0 aliphatic rings. The maximum Gasteiger partial charge on any atom is 0.472 e. The van der Waals surface area contributed by atoms with Crippen LogP contribution in [0.15, 0.2) is 0 Å². The van der Waals surface area contributed by atoms with Crippen molar-refractivity contribution < 1.29 is 80.2 Å². The second-order valence-electron chi connectivity index (χ2n) is 33.7. The maximum absolute atomic E-state index is 13.2. The molecule has 0 aliphatic carbocycles. The van der Waals surface area contributed by atoms with Crippen LogP contribution in [-0.4, -0.2) is 96.7 Å². The number of unbranched alkanes of at least 4 members (excludes halogenated alkanes) is 51. The van der Waals surface area contributed by atoms with Gasteiger partial charge in [-0.05, 0) is 49.4 Å². The number of ether oxygens (including phenoxy) is 4. The van der Waals surface area contributed by atoms with Gasteiger partial charge in [0, 0.05) is 25.7 Å². The molecule has 19 heteroatoms. The first kappa shape index (κ1) is 106. The van der Waals surface area contributed by atoms with Crippen molar-refractivity contribution in [3.63, 3.8) is 0 Å². The predicted octanol–water partition coefficient (Wildman–Crippen LogP) is 27.1. The van der Waals surface area contributed by atoms with Crippen LogP contribution >= 0.6 is 15.6 Å². The van der Waals surface area contributed by atoms with Crippen molar-refractivity contribution in [2.24, 2.45) is 23.7 Å². The molecule has 0 aromatic rings. The second kappa shape index (κ2) is 77.6. The monoisotopic (exact) mass is 1580 g/mol. The van der Waals surface area contributed by atoms with Crippen LogP contribution < -0.4 is 0 Å². The Balaban J connectivity index is 5.20. The number of phosphoric ester groups is 2. The molecule has 0 aromatic heterocycles. The van der Waals surface area contributed by atoms with Gasteiger partial charge in [-0.25, -0.2) is 9.13 Å². The van der Waals surface area contributed by atoms with Crippen molar-refractivity contribution in [2.75, 3.05) is 39.6 Å². The third kappa shape index (κ3) is 80.7. The normalized spacial score (nSPS) is 14.1. The van der Waals surface area contributed by atoms with Crippen molar-refractivity contribution in [3.8, 4) is 0 Å². The van der Waals surface area contributed by atoms with Crippen LogP contribution in [0.2, 0.25) is 0 Å². The van der Waals surface area contributed by atoms with Gasteiger partial charge in [0.25, 0.3) is 0 Å². The summed E-state index contributed by atoms with van der Waals surface area (Å²) >= 11 is 0. The molecule has 0 rings (SSSR count). The summed E-state index contributed by atoms with van der Waals surface area (Å²) in [4.78, 5) is 73.3. The number of phosphoric acid groups is 2. The van der Waals surface area contributed by atoms with E-state index in [2.05, 4.69) is 55.4 Å². The lowest BCUT2D eigenvalue weighted by Gasteiger charge is -2.21. The number of carbonyl (C=O) groups excluding carboxylic acids is 4. The Morgan fingerprint density at radius 1 is 0.259 bits per heavy atom. The number of hydrogen-bond acceptors (Lipinski definition) is 15. The highest BCUT2D eigenvalue weighted by atomic mass is 31.2. The second-order valence-corrected chi connectivity index (χ2v) is 36.6. The van der Waals surface area contributed by atoms with E-state index in [0.717, 1.165) is 114 Å². The van der Waals surface area contributed by atoms with Crippen molar-refractivity contribution >= 4 is 39.5 Å². The first-order chi connectivity index (χ1) is 52.1. The highest BCUT2D eigenvalue weighted by molar-refractivity contribution is 7.47. The van der Waals surface area contributed by atoms with Gasteiger partial charge < -0.3 is 33.8 Å². The van der Waals surface area contributed by atoms with E-state index in [1.807, 2.05) is 0 Å². The lowest BCUT2D eigenvalue weighted by atomic mass is 9.99. The van der Waals surface area contributed by atoms with E-state index in [4.69, 9.17) is 37.0 Å². The van der Waals surface area contributed by atoms with Gasteiger partial charge in [-0.2, -0.15) is 0 Å². The first-order valence-electron chi connectivity index (χ1n) is 45.7. The zero-order valence-corrected chi connectivity index (χ0v) is 73.3. The van der Waals surface area contributed by atoms with E-state index in [1.165, 1.54) is 263 Å². The van der Waals surface area contributed by atoms with Gasteiger partial charge in [-0.15, -0.1) is 0 Å². The number of esters is 4. The molecule has 0 aromatic carbocycles. The van der Waals surface area contributed by atoms with Gasteiger partial charge >= 0.3 is 39.5 Å². The number of aliphatic hydroxyl groups is 1. The van der Waals surface area contributed by atoms with Crippen LogP contribution in [0, 0.1) is 23.7 Å². The number of rotatable bonds is 86. The van der Waals surface area contributed by atoms with Crippen LogP contribution in [-0.2, 0) is 65.4 Å². The summed E-state index contributed by atoms with van der Waals surface area (Å²) in [5.41, 5.74) is 0. The summed E-state index contributed by atoms with van der Waals surface area (Å²) in [6.45, 7) is 14.3. The topological polar surface area (TPSA) is 237 Å². The molecule has 17 nitrogen and oxygen atoms in total. The fourth-order valence-corrected chi connectivity index (χ4v) is 15.4. The van der Waals surface area contributed by atoms with Crippen molar-refractivity contribution in [1.82, 2.24) is 0 Å². The van der Waals surface area contributed by atoms with Gasteiger partial charge in [0.05, 0.1) is 26.4 Å². The molecule has 0 amide bonds. The summed E-state index contributed by atoms with van der Waals surface area (Å²) in [5.74, 6) is 1.05. The quantitative estimate of drug-likeness (QED) is 0.0222. The van der Waals surface area contributed by atoms with Crippen molar-refractivity contribution in [1.29, 1.82) is 0 Å². The molecule has 108 heavy (non-hydrogen) atoms. The van der Waals surface area contributed by atoms with Gasteiger partial charge in [-0.3, -0.25) is 37.3 Å². The highest BCUT2D eigenvalue weighted by Gasteiger charge is 2.31. The molecular formula is C89H174O17P2. The third-order valence-corrected chi connectivity index (χ3v) is 23.1. The maximum atomic E-state index is 13.2. The summed E-state index contributed by atoms with van der Waals surface area (Å²) < 4.78 is 68.9. The Morgan fingerprint density at radius 3 is 0.657 bits per heavy atom. The zero-order valence-electron chi connectivity index (χ0n) is 71.5. The van der Waals surface area contributed by atoms with Crippen LogP contribution in [0.4, 0.5) is 0 Å². The smallest absolute Gasteiger partial charge is 0.462 e. The summed E-state index contributed by atoms with van der Waals surface area (Å²) in [6, 6.07) is 0. The standard InChI is InChI=1S/C89H174O17P2/c1-9-82(8)68-60-52-43-37-31-25-19-15-11-13-16-20-26-32-38-44-53-61-69-86(91)99-75-84(105-88(93)71-63-55-45-39-33-27-21-17-12-10-14-18-23-29-35-41-49-57-65-79(2)3)77-103-107(95,96)101-73-83(90)74-102-108(97,98)104-78-85(76-100-87(92)70-62-54-48-47-51-59-67-81(6)7)106-89(94)72-64-56-46-40-34-28-22-24-30-36-42-50-58-66-80(4)5/h79-85,90H,9-78H2,1-8H3,(H,95,96)(H,97,98)/t82?,83-,84-,85-/m1/s1. The lowest BCUT2D eigenvalue weighted by molar-refractivity contribution is -0.161. The highest BCUT2D eigenvalue weighted by Crippen LogP contribution is 2.45. The van der Waals surface area contributed by atoms with Gasteiger partial charge in [0.2, 0.25) is 0 Å². The summed E-state index contributed by atoms with van der Waals surface area (Å²) in [7, 11) is -9.93. The Morgan fingerprint density at radius 2 is 0.444 bits per heavy atom. The molecule has 0 saturated carbocycles. The molecule has 0 fully saturated rings. The molecule has 0 aliphatic heterocycles. The van der Waals surface area contributed by atoms with E-state index < -0.39 is 97.5 Å². The predicted molar refractivity (Wildman–Crippen MR) is 446 cm³/mol. The average Bonchev–Trinajstić information content (AvgIpc) is 0.900. The van der Waals surface area contributed by atoms with E-state index in [9.17, 15) is 43.2 Å². The number of hydrogen-bond donors (Lipinski definition) is 3. The fourth-order valence-electron chi connectivity index (χ4n) is 13.8. The molecule has 3 unspecified atom stereocenters. The zero-order chi connectivity index (χ0) is 79.5. The van der Waals surface area contributed by atoms with Crippen LogP contribution in [0.5, 0.6) is 0 Å². The summed E-state index contributed by atoms with van der Waals surface area (Å²) in [5, 5.41) is 10.7. The minimum Gasteiger partial charge on any atom is -0.462 e. The molecule has 6 atom stereocenters. The molecule has 642 valence electrons. The molecule has 0 heterocycles. The van der Waals surface area contributed by atoms with Crippen molar-refractivity contribution in [3.05, 3.63) is 0 Å². The molecule has 0 bridgehead atoms. The van der Waals surface area contributed by atoms with Gasteiger partial charge in [0.1, 0.15) is 19.3 Å². The number of carbonyl (C=O) groups is 4. The molecular weight excluding hydrogens is 1400 g/mol. The van der Waals surface area contributed by atoms with Gasteiger partial charge in [-0.1, -0.05) is 415 Å². The van der Waals surface area contributed by atoms with Crippen LogP contribution in [0.1, 0.15) is 466 Å². The van der Waals surface area contributed by atoms with E-state index in [0.29, 0.717) is 31.6 Å². The average molecular weight is 1580 g/mol. The fraction of sp³-hybridized carbons (Fsp3) is 0.955. The van der Waals surface area contributed by atoms with Crippen molar-refractivity contribution in [2.45, 2.75) is 485 Å². The Labute approximate surface area is 664 Å². The largest absolute Gasteiger partial charge is 0.472 e. The Kier molecular flexibility index (Phi) is 76.2. The van der Waals surface area contributed by atoms with E-state index in [1.54, 1.807) is 0 Å². The SMILES string of the molecule is CCC(C)CCCCCCCCCCCCCCCCCCCCC(=O)OC[C@H](COP(=O)(O)OC[C@@H](O)COP(=O)(O)OC[C@@H](COC(=O)CCCCCCCCC(C)C)OC(=O)CCCCCCCCCCCCCCCC(C)C)OC(=O)CCCCCCCCCCCCCCCCCCCCC(C)C.